The number of hydrogen-bond donors (Lipinski definition) is 2. The molecule has 0 radical (unpaired) electrons. The van der Waals surface area contributed by atoms with Gasteiger partial charge in [-0.2, -0.15) is 0 Å². The van der Waals surface area contributed by atoms with Gasteiger partial charge in [-0.05, 0) is 56.2 Å². The van der Waals surface area contributed by atoms with Crippen molar-refractivity contribution in [2.24, 2.45) is 0 Å². The molecule has 2 aromatic rings. The van der Waals surface area contributed by atoms with Crippen LogP contribution < -0.4 is 20.3 Å². The van der Waals surface area contributed by atoms with Crippen LogP contribution in [0.5, 0.6) is 5.75 Å². The van der Waals surface area contributed by atoms with E-state index in [9.17, 15) is 9.59 Å². The molecule has 1 heterocycles. The summed E-state index contributed by atoms with van der Waals surface area (Å²) in [6.07, 6.45) is 1.49. The summed E-state index contributed by atoms with van der Waals surface area (Å²) in [5, 5.41) is 5.62. The second-order valence-corrected chi connectivity index (χ2v) is 6.16. The lowest BCUT2D eigenvalue weighted by Crippen LogP contribution is -2.24. The van der Waals surface area contributed by atoms with E-state index < -0.39 is 0 Å². The summed E-state index contributed by atoms with van der Waals surface area (Å²) in [4.78, 5) is 26.0. The van der Waals surface area contributed by atoms with Crippen molar-refractivity contribution in [3.05, 3.63) is 48.0 Å². The Hall–Kier alpha value is -3.02. The summed E-state index contributed by atoms with van der Waals surface area (Å²) in [6.45, 7) is 5.11. The Bertz CT molecular complexity index is 820. The minimum Gasteiger partial charge on any atom is -0.492 e. The van der Waals surface area contributed by atoms with Gasteiger partial charge >= 0.3 is 6.03 Å². The van der Waals surface area contributed by atoms with E-state index in [0.717, 1.165) is 24.2 Å². The normalized spacial score (nSPS) is 13.6. The summed E-state index contributed by atoms with van der Waals surface area (Å²) in [7, 11) is 0. The lowest BCUT2D eigenvalue weighted by atomic mass is 10.1. The average molecular weight is 353 g/mol. The Labute approximate surface area is 153 Å². The van der Waals surface area contributed by atoms with Gasteiger partial charge in [-0.1, -0.05) is 12.1 Å². The molecule has 26 heavy (non-hydrogen) atoms. The average Bonchev–Trinajstić information content (AvgIpc) is 3.03. The van der Waals surface area contributed by atoms with Crippen LogP contribution in [-0.4, -0.2) is 25.1 Å². The minimum absolute atomic E-state index is 0.152. The molecular weight excluding hydrogens is 330 g/mol. The smallest absolute Gasteiger partial charge is 0.323 e. The fourth-order valence-corrected chi connectivity index (χ4v) is 3.07. The predicted molar refractivity (Wildman–Crippen MR) is 103 cm³/mol. The number of nitrogens with one attached hydrogen (secondary N) is 2. The lowest BCUT2D eigenvalue weighted by molar-refractivity contribution is -0.117. The molecular formula is C20H23N3O3. The van der Waals surface area contributed by atoms with Gasteiger partial charge in [-0.15, -0.1) is 0 Å². The molecule has 3 amide bonds. The van der Waals surface area contributed by atoms with E-state index in [0.29, 0.717) is 30.2 Å². The number of hydrogen-bond acceptors (Lipinski definition) is 3. The number of urea groups is 1. The van der Waals surface area contributed by atoms with E-state index in [1.165, 1.54) is 0 Å². The van der Waals surface area contributed by atoms with Crippen LogP contribution in [0.4, 0.5) is 21.9 Å². The summed E-state index contributed by atoms with van der Waals surface area (Å²) in [5.74, 6) is 0.781. The van der Waals surface area contributed by atoms with Crippen LogP contribution in [0.3, 0.4) is 0 Å². The van der Waals surface area contributed by atoms with Crippen LogP contribution in [0.2, 0.25) is 0 Å². The zero-order valence-corrected chi connectivity index (χ0v) is 15.0. The molecule has 3 rings (SSSR count). The summed E-state index contributed by atoms with van der Waals surface area (Å²) in [6, 6.07) is 12.5. The van der Waals surface area contributed by atoms with Crippen molar-refractivity contribution < 1.29 is 14.3 Å². The Morgan fingerprint density at radius 3 is 2.69 bits per heavy atom. The highest BCUT2D eigenvalue weighted by molar-refractivity contribution is 6.01. The fourth-order valence-electron chi connectivity index (χ4n) is 3.07. The van der Waals surface area contributed by atoms with Crippen molar-refractivity contribution in [1.82, 2.24) is 0 Å². The van der Waals surface area contributed by atoms with Gasteiger partial charge in [0.25, 0.3) is 0 Å². The maximum Gasteiger partial charge on any atom is 0.323 e. The first-order chi connectivity index (χ1) is 12.6. The van der Waals surface area contributed by atoms with Crippen LogP contribution in [0, 0.1) is 6.92 Å². The predicted octanol–water partition coefficient (Wildman–Crippen LogP) is 4.16. The third kappa shape index (κ3) is 3.96. The largest absolute Gasteiger partial charge is 0.492 e. The monoisotopic (exact) mass is 353 g/mol. The van der Waals surface area contributed by atoms with E-state index in [4.69, 9.17) is 4.74 Å². The van der Waals surface area contributed by atoms with Crippen molar-refractivity contribution in [3.8, 4) is 5.75 Å². The van der Waals surface area contributed by atoms with Crippen LogP contribution in [0.1, 0.15) is 25.3 Å². The topological polar surface area (TPSA) is 70.7 Å². The zero-order valence-electron chi connectivity index (χ0n) is 15.0. The summed E-state index contributed by atoms with van der Waals surface area (Å²) in [5.41, 5.74) is 3.14. The zero-order chi connectivity index (χ0) is 18.5. The molecule has 0 aromatic heterocycles. The van der Waals surface area contributed by atoms with Crippen LogP contribution >= 0.6 is 0 Å². The molecule has 6 heteroatoms. The van der Waals surface area contributed by atoms with Gasteiger partial charge in [-0.3, -0.25) is 4.79 Å². The number of anilines is 3. The molecule has 2 aromatic carbocycles. The van der Waals surface area contributed by atoms with E-state index in [2.05, 4.69) is 10.6 Å². The number of benzene rings is 2. The minimum atomic E-state index is -0.346. The highest BCUT2D eigenvalue weighted by atomic mass is 16.5. The van der Waals surface area contributed by atoms with Crippen LogP contribution in [0.15, 0.2) is 42.5 Å². The number of nitrogens with zero attached hydrogens (tertiary/aromatic N) is 1. The molecule has 1 fully saturated rings. The van der Waals surface area contributed by atoms with Gasteiger partial charge in [-0.25, -0.2) is 4.79 Å². The first-order valence-corrected chi connectivity index (χ1v) is 8.79. The molecule has 1 saturated heterocycles. The van der Waals surface area contributed by atoms with Gasteiger partial charge in [0.15, 0.2) is 0 Å². The standard InChI is InChI=1S/C20H23N3O3/c1-3-26-18-8-5-4-7-16(18)22-20(25)21-15-10-11-17(14(2)13-15)23-12-6-9-19(23)24/h4-5,7-8,10-11,13H,3,6,9,12H2,1-2H3,(H2,21,22,25). The molecule has 136 valence electrons. The van der Waals surface area contributed by atoms with Crippen molar-refractivity contribution in [3.63, 3.8) is 0 Å². The molecule has 0 bridgehead atoms. The molecule has 0 atom stereocenters. The van der Waals surface area contributed by atoms with E-state index in [1.807, 2.05) is 50.2 Å². The molecule has 0 aliphatic carbocycles. The van der Waals surface area contributed by atoms with Gasteiger partial charge in [0.05, 0.1) is 12.3 Å². The highest BCUT2D eigenvalue weighted by Gasteiger charge is 2.23. The third-order valence-corrected chi connectivity index (χ3v) is 4.25. The number of para-hydroxylation sites is 2. The quantitative estimate of drug-likeness (QED) is 0.848. The van der Waals surface area contributed by atoms with Crippen molar-refractivity contribution in [2.45, 2.75) is 26.7 Å². The molecule has 0 unspecified atom stereocenters. The highest BCUT2D eigenvalue weighted by Crippen LogP contribution is 2.28. The molecule has 1 aliphatic rings. The molecule has 2 N–H and O–H groups in total. The maximum absolute atomic E-state index is 12.3. The maximum atomic E-state index is 12.3. The molecule has 1 aliphatic heterocycles. The second kappa shape index (κ2) is 7.91. The summed E-state index contributed by atoms with van der Waals surface area (Å²) < 4.78 is 5.51. The Morgan fingerprint density at radius 1 is 1.19 bits per heavy atom. The number of carbonyl (C=O) groups excluding carboxylic acids is 2. The SMILES string of the molecule is CCOc1ccccc1NC(=O)Nc1ccc(N2CCCC2=O)c(C)c1. The number of ether oxygens (including phenoxy) is 1. The number of amides is 3. The van der Waals surface area contributed by atoms with Gasteiger partial charge < -0.3 is 20.3 Å². The molecule has 0 spiro atoms. The lowest BCUT2D eigenvalue weighted by Gasteiger charge is -2.19. The van der Waals surface area contributed by atoms with Crippen molar-refractivity contribution in [1.29, 1.82) is 0 Å². The number of rotatable bonds is 5. The Morgan fingerprint density at radius 2 is 2.00 bits per heavy atom. The number of aryl methyl sites for hydroxylation is 1. The van der Waals surface area contributed by atoms with E-state index in [1.54, 1.807) is 11.0 Å². The van der Waals surface area contributed by atoms with E-state index in [-0.39, 0.29) is 11.9 Å². The summed E-state index contributed by atoms with van der Waals surface area (Å²) >= 11 is 0. The fraction of sp³-hybridized carbons (Fsp3) is 0.300. The number of carbonyl (C=O) groups is 2. The molecule has 0 saturated carbocycles. The van der Waals surface area contributed by atoms with Gasteiger partial charge in [0, 0.05) is 24.3 Å². The third-order valence-electron chi connectivity index (χ3n) is 4.25. The van der Waals surface area contributed by atoms with Gasteiger partial charge in [0.2, 0.25) is 5.91 Å². The van der Waals surface area contributed by atoms with Crippen LogP contribution in [0.25, 0.3) is 0 Å². The second-order valence-electron chi connectivity index (χ2n) is 6.16. The van der Waals surface area contributed by atoms with Crippen molar-refractivity contribution >= 4 is 29.0 Å². The van der Waals surface area contributed by atoms with E-state index >= 15 is 0 Å². The van der Waals surface area contributed by atoms with Crippen LogP contribution in [-0.2, 0) is 4.79 Å². The van der Waals surface area contributed by atoms with Crippen molar-refractivity contribution in [2.75, 3.05) is 28.7 Å². The first-order valence-electron chi connectivity index (χ1n) is 8.79. The molecule has 6 nitrogen and oxygen atoms in total. The first kappa shape index (κ1) is 17.8. The Kier molecular flexibility index (Phi) is 5.41. The van der Waals surface area contributed by atoms with Gasteiger partial charge in [0.1, 0.15) is 5.75 Å². The Balaban J connectivity index is 1.68.